The summed E-state index contributed by atoms with van der Waals surface area (Å²) in [7, 11) is 0. The Morgan fingerprint density at radius 1 is 1.44 bits per heavy atom. The molecular formula is C13H17ClN2O2. The minimum atomic E-state index is -0.263. The van der Waals surface area contributed by atoms with Gasteiger partial charge in [0.1, 0.15) is 6.10 Å². The van der Waals surface area contributed by atoms with Crippen molar-refractivity contribution in [1.29, 1.82) is 0 Å². The number of nitrogens with one attached hydrogen (secondary N) is 2. The van der Waals surface area contributed by atoms with Gasteiger partial charge in [0.05, 0.1) is 0 Å². The summed E-state index contributed by atoms with van der Waals surface area (Å²) in [5, 5.41) is 6.22. The third kappa shape index (κ3) is 2.60. The van der Waals surface area contributed by atoms with Crippen LogP contribution < -0.4 is 10.6 Å². The van der Waals surface area contributed by atoms with E-state index in [0.717, 1.165) is 31.5 Å². The fourth-order valence-electron chi connectivity index (χ4n) is 2.39. The molecule has 1 amide bonds. The number of carbonyl (C=O) groups excluding carboxylic acids is 1. The first-order valence-electron chi connectivity index (χ1n) is 6.12. The second-order valence-electron chi connectivity index (χ2n) is 4.54. The lowest BCUT2D eigenvalue weighted by Crippen LogP contribution is -2.26. The van der Waals surface area contributed by atoms with E-state index in [-0.39, 0.29) is 24.4 Å². The summed E-state index contributed by atoms with van der Waals surface area (Å²) >= 11 is 0. The van der Waals surface area contributed by atoms with Crippen LogP contribution in [0.25, 0.3) is 0 Å². The highest BCUT2D eigenvalue weighted by atomic mass is 35.5. The largest absolute Gasteiger partial charge is 0.384 e. The Balaban J connectivity index is 0.00000120. The zero-order chi connectivity index (χ0) is 11.7. The lowest BCUT2D eigenvalue weighted by atomic mass is 10.1. The molecule has 98 valence electrons. The van der Waals surface area contributed by atoms with Crippen LogP contribution in [0.5, 0.6) is 0 Å². The van der Waals surface area contributed by atoms with E-state index in [0.29, 0.717) is 6.61 Å². The molecule has 0 radical (unpaired) electrons. The average molecular weight is 269 g/mol. The molecule has 18 heavy (non-hydrogen) atoms. The summed E-state index contributed by atoms with van der Waals surface area (Å²) in [6, 6.07) is 6.00. The van der Waals surface area contributed by atoms with Crippen molar-refractivity contribution < 1.29 is 9.53 Å². The minimum Gasteiger partial charge on any atom is -0.384 e. The molecule has 0 bridgehead atoms. The fraction of sp³-hybridized carbons (Fsp3) is 0.462. The van der Waals surface area contributed by atoms with Crippen LogP contribution in [0.3, 0.4) is 0 Å². The van der Waals surface area contributed by atoms with Gasteiger partial charge in [-0.25, -0.2) is 0 Å². The third-order valence-electron chi connectivity index (χ3n) is 3.30. The quantitative estimate of drug-likeness (QED) is 0.865. The van der Waals surface area contributed by atoms with Gasteiger partial charge in [-0.1, -0.05) is 0 Å². The maximum absolute atomic E-state index is 11.9. The van der Waals surface area contributed by atoms with Crippen LogP contribution in [0.15, 0.2) is 18.2 Å². The Morgan fingerprint density at radius 3 is 3.11 bits per heavy atom. The fourth-order valence-corrected chi connectivity index (χ4v) is 2.39. The molecule has 2 N–H and O–H groups in total. The van der Waals surface area contributed by atoms with E-state index in [1.807, 2.05) is 18.2 Å². The maximum atomic E-state index is 11.9. The standard InChI is InChI=1S/C13H16N2O2.ClH/c16-13(12-2-1-7-17-12)15-10-3-4-11-9(8-10)5-6-14-11;/h3-4,8,12,14H,1-2,5-7H2,(H,15,16);1H/t12-;/m0./s1. The monoisotopic (exact) mass is 268 g/mol. The molecule has 1 aromatic carbocycles. The molecule has 4 nitrogen and oxygen atoms in total. The summed E-state index contributed by atoms with van der Waals surface area (Å²) < 4.78 is 5.36. The molecule has 2 heterocycles. The molecule has 5 heteroatoms. The van der Waals surface area contributed by atoms with Gasteiger partial charge >= 0.3 is 0 Å². The number of rotatable bonds is 2. The van der Waals surface area contributed by atoms with E-state index in [4.69, 9.17) is 4.74 Å². The number of fused-ring (bicyclic) bond motifs is 1. The highest BCUT2D eigenvalue weighted by Gasteiger charge is 2.23. The van der Waals surface area contributed by atoms with Crippen LogP contribution in [0, 0.1) is 0 Å². The van der Waals surface area contributed by atoms with Gasteiger partial charge < -0.3 is 15.4 Å². The van der Waals surface area contributed by atoms with Crippen molar-refractivity contribution >= 4 is 29.7 Å². The Labute approximate surface area is 113 Å². The van der Waals surface area contributed by atoms with E-state index < -0.39 is 0 Å². The molecule has 0 aliphatic carbocycles. The van der Waals surface area contributed by atoms with Crippen molar-refractivity contribution in [2.45, 2.75) is 25.4 Å². The van der Waals surface area contributed by atoms with Gasteiger partial charge in [-0.3, -0.25) is 4.79 Å². The smallest absolute Gasteiger partial charge is 0.253 e. The van der Waals surface area contributed by atoms with Gasteiger partial charge in [0.15, 0.2) is 0 Å². The number of amides is 1. The van der Waals surface area contributed by atoms with Gasteiger partial charge in [-0.15, -0.1) is 12.4 Å². The summed E-state index contributed by atoms with van der Waals surface area (Å²) in [6.07, 6.45) is 2.57. The number of halogens is 1. The molecule has 3 rings (SSSR count). The molecule has 1 atom stereocenters. The number of benzene rings is 1. The van der Waals surface area contributed by atoms with Crippen molar-refractivity contribution in [3.63, 3.8) is 0 Å². The SMILES string of the molecule is Cl.O=C(Nc1ccc2c(c1)CCN2)[C@@H]1CCCO1. The Hall–Kier alpha value is -1.26. The summed E-state index contributed by atoms with van der Waals surface area (Å²) in [6.45, 7) is 1.69. The predicted octanol–water partition coefficient (Wildman–Crippen LogP) is 2.19. The van der Waals surface area contributed by atoms with Crippen molar-refractivity contribution in [2.75, 3.05) is 23.8 Å². The molecule has 0 saturated carbocycles. The van der Waals surface area contributed by atoms with Crippen molar-refractivity contribution in [1.82, 2.24) is 0 Å². The van der Waals surface area contributed by atoms with Crippen LogP contribution in [-0.4, -0.2) is 25.2 Å². The minimum absolute atomic E-state index is 0. The lowest BCUT2D eigenvalue weighted by molar-refractivity contribution is -0.124. The second kappa shape index (κ2) is 5.59. The maximum Gasteiger partial charge on any atom is 0.253 e. The van der Waals surface area contributed by atoms with Gasteiger partial charge in [-0.2, -0.15) is 0 Å². The van der Waals surface area contributed by atoms with Gasteiger partial charge in [-0.05, 0) is 43.0 Å². The van der Waals surface area contributed by atoms with Crippen LogP contribution in [0.4, 0.5) is 11.4 Å². The number of ether oxygens (including phenoxy) is 1. The molecule has 1 saturated heterocycles. The zero-order valence-electron chi connectivity index (χ0n) is 10.1. The topological polar surface area (TPSA) is 50.4 Å². The van der Waals surface area contributed by atoms with Crippen LogP contribution >= 0.6 is 12.4 Å². The summed E-state index contributed by atoms with van der Waals surface area (Å²) in [4.78, 5) is 11.9. The molecule has 0 aromatic heterocycles. The Bertz CT molecular complexity index is 445. The molecule has 2 aliphatic rings. The predicted molar refractivity (Wildman–Crippen MR) is 73.5 cm³/mol. The van der Waals surface area contributed by atoms with Crippen LogP contribution in [-0.2, 0) is 16.0 Å². The van der Waals surface area contributed by atoms with Gasteiger partial charge in [0, 0.05) is 24.5 Å². The Morgan fingerprint density at radius 2 is 2.33 bits per heavy atom. The normalized spacial score (nSPS) is 20.8. The molecule has 0 spiro atoms. The van der Waals surface area contributed by atoms with E-state index in [1.54, 1.807) is 0 Å². The number of anilines is 2. The van der Waals surface area contributed by atoms with Crippen molar-refractivity contribution in [2.24, 2.45) is 0 Å². The molecule has 1 fully saturated rings. The first-order valence-corrected chi connectivity index (χ1v) is 6.12. The number of hydrogen-bond acceptors (Lipinski definition) is 3. The van der Waals surface area contributed by atoms with E-state index in [9.17, 15) is 4.79 Å². The molecule has 0 unspecified atom stereocenters. The Kier molecular flexibility index (Phi) is 4.09. The summed E-state index contributed by atoms with van der Waals surface area (Å²) in [5.74, 6) is -0.0200. The van der Waals surface area contributed by atoms with Crippen molar-refractivity contribution in [3.05, 3.63) is 23.8 Å². The molecular weight excluding hydrogens is 252 g/mol. The van der Waals surface area contributed by atoms with Gasteiger partial charge in [0.25, 0.3) is 5.91 Å². The highest BCUT2D eigenvalue weighted by Crippen LogP contribution is 2.25. The number of hydrogen-bond donors (Lipinski definition) is 2. The highest BCUT2D eigenvalue weighted by molar-refractivity contribution is 5.94. The average Bonchev–Trinajstić information content (AvgIpc) is 2.99. The lowest BCUT2D eigenvalue weighted by Gasteiger charge is -2.11. The molecule has 1 aromatic rings. The van der Waals surface area contributed by atoms with Crippen LogP contribution in [0.1, 0.15) is 18.4 Å². The number of carbonyl (C=O) groups is 1. The first-order chi connectivity index (χ1) is 8.33. The van der Waals surface area contributed by atoms with E-state index >= 15 is 0 Å². The van der Waals surface area contributed by atoms with Gasteiger partial charge in [0.2, 0.25) is 0 Å². The second-order valence-corrected chi connectivity index (χ2v) is 4.54. The van der Waals surface area contributed by atoms with E-state index in [1.165, 1.54) is 11.3 Å². The molecule has 2 aliphatic heterocycles. The third-order valence-corrected chi connectivity index (χ3v) is 3.30. The van der Waals surface area contributed by atoms with Crippen LogP contribution in [0.2, 0.25) is 0 Å². The summed E-state index contributed by atoms with van der Waals surface area (Å²) in [5.41, 5.74) is 3.32. The van der Waals surface area contributed by atoms with E-state index in [2.05, 4.69) is 10.6 Å². The van der Waals surface area contributed by atoms with Crippen molar-refractivity contribution in [3.8, 4) is 0 Å². The zero-order valence-corrected chi connectivity index (χ0v) is 10.9. The first kappa shape index (κ1) is 13.2.